The number of nitrogens with zero attached hydrogens (tertiary/aromatic N) is 1. The van der Waals surface area contributed by atoms with Gasteiger partial charge in [-0.1, -0.05) is 0 Å². The quantitative estimate of drug-likeness (QED) is 0.692. The van der Waals surface area contributed by atoms with Crippen LogP contribution >= 0.6 is 45.2 Å². The molecule has 5 heteroatoms. The predicted octanol–water partition coefficient (Wildman–Crippen LogP) is 2.91. The van der Waals surface area contributed by atoms with E-state index in [1.807, 2.05) is 0 Å². The minimum Gasteiger partial charge on any atom is -0.271 e. The van der Waals surface area contributed by atoms with Gasteiger partial charge in [0, 0.05) is 15.0 Å². The van der Waals surface area contributed by atoms with Crippen molar-refractivity contribution in [2.75, 3.05) is 0 Å². The van der Waals surface area contributed by atoms with Gasteiger partial charge in [-0.25, -0.2) is 4.39 Å². The molecule has 0 unspecified atom stereocenters. The van der Waals surface area contributed by atoms with E-state index in [9.17, 15) is 4.39 Å². The third-order valence-corrected chi connectivity index (χ3v) is 3.16. The fourth-order valence-electron chi connectivity index (χ4n) is 1.03. The van der Waals surface area contributed by atoms with Crippen LogP contribution in [0.15, 0.2) is 12.1 Å². The Morgan fingerprint density at radius 1 is 1.33 bits per heavy atom. The number of hydrogen-bond donors (Lipinski definition) is 1. The Morgan fingerprint density at radius 2 is 2.08 bits per heavy atom. The van der Waals surface area contributed by atoms with Gasteiger partial charge in [-0.05, 0) is 51.2 Å². The highest BCUT2D eigenvalue weighted by molar-refractivity contribution is 14.1. The fraction of sp³-hybridized carbons (Fsp3) is 0. The van der Waals surface area contributed by atoms with Crippen LogP contribution in [0.25, 0.3) is 10.9 Å². The van der Waals surface area contributed by atoms with Gasteiger partial charge in [0.1, 0.15) is 9.52 Å². The van der Waals surface area contributed by atoms with Crippen LogP contribution in [-0.2, 0) is 0 Å². The molecule has 0 saturated carbocycles. The summed E-state index contributed by atoms with van der Waals surface area (Å²) >= 11 is 4.25. The number of fused-ring (bicyclic) bond motifs is 1. The maximum atomic E-state index is 12.8. The Hall–Kier alpha value is 0.0800. The molecule has 0 spiro atoms. The van der Waals surface area contributed by atoms with Gasteiger partial charge >= 0.3 is 0 Å². The van der Waals surface area contributed by atoms with Gasteiger partial charge in [-0.2, -0.15) is 5.10 Å². The first kappa shape index (κ1) is 8.67. The lowest BCUT2D eigenvalue weighted by Gasteiger charge is -1.93. The van der Waals surface area contributed by atoms with E-state index in [2.05, 4.69) is 55.4 Å². The second-order valence-corrected chi connectivity index (χ2v) is 4.56. The van der Waals surface area contributed by atoms with Gasteiger partial charge in [0.2, 0.25) is 0 Å². The Kier molecular flexibility index (Phi) is 2.23. The van der Waals surface area contributed by atoms with E-state index < -0.39 is 0 Å². The van der Waals surface area contributed by atoms with Crippen molar-refractivity contribution in [1.29, 1.82) is 0 Å². The molecule has 0 aliphatic heterocycles. The molecular weight excluding hydrogens is 385 g/mol. The monoisotopic (exact) mass is 388 g/mol. The second kappa shape index (κ2) is 3.09. The van der Waals surface area contributed by atoms with Gasteiger partial charge in [0.15, 0.2) is 0 Å². The summed E-state index contributed by atoms with van der Waals surface area (Å²) in [6, 6.07) is 2.93. The van der Waals surface area contributed by atoms with E-state index in [1.165, 1.54) is 12.1 Å². The molecular formula is C7H3FI2N2. The molecule has 1 aromatic heterocycles. The summed E-state index contributed by atoms with van der Waals surface area (Å²) in [6.45, 7) is 0. The molecule has 2 aromatic rings. The summed E-state index contributed by atoms with van der Waals surface area (Å²) in [5.41, 5.74) is 0.684. The van der Waals surface area contributed by atoms with Crippen molar-refractivity contribution in [3.8, 4) is 0 Å². The summed E-state index contributed by atoms with van der Waals surface area (Å²) in [4.78, 5) is 0. The minimum absolute atomic E-state index is 0.241. The normalized spacial score (nSPS) is 10.9. The largest absolute Gasteiger partial charge is 0.271 e. The molecule has 1 heterocycles. The first-order valence-corrected chi connectivity index (χ1v) is 5.33. The van der Waals surface area contributed by atoms with Gasteiger partial charge < -0.3 is 0 Å². The number of benzene rings is 1. The van der Waals surface area contributed by atoms with E-state index in [0.717, 1.165) is 12.7 Å². The number of H-pyrrole nitrogens is 1. The molecule has 12 heavy (non-hydrogen) atoms. The van der Waals surface area contributed by atoms with Crippen molar-refractivity contribution in [2.45, 2.75) is 0 Å². The molecule has 1 aromatic carbocycles. The zero-order chi connectivity index (χ0) is 8.72. The lowest BCUT2D eigenvalue weighted by atomic mass is 10.2. The molecule has 1 N–H and O–H groups in total. The molecule has 0 saturated heterocycles. The Balaban J connectivity index is 2.93. The van der Waals surface area contributed by atoms with Gasteiger partial charge in [-0.3, -0.25) is 5.10 Å². The number of halogens is 3. The van der Waals surface area contributed by atoms with Crippen molar-refractivity contribution in [3.05, 3.63) is 25.2 Å². The van der Waals surface area contributed by atoms with Crippen LogP contribution < -0.4 is 0 Å². The van der Waals surface area contributed by atoms with Crippen molar-refractivity contribution in [3.63, 3.8) is 0 Å². The molecule has 0 radical (unpaired) electrons. The number of aromatic nitrogens is 2. The van der Waals surface area contributed by atoms with Crippen LogP contribution in [0.1, 0.15) is 0 Å². The van der Waals surface area contributed by atoms with Crippen molar-refractivity contribution < 1.29 is 4.39 Å². The first-order valence-electron chi connectivity index (χ1n) is 3.17. The van der Waals surface area contributed by atoms with Crippen LogP contribution in [0.3, 0.4) is 0 Å². The molecule has 62 valence electrons. The molecule has 0 amide bonds. The topological polar surface area (TPSA) is 28.7 Å². The Labute approximate surface area is 95.2 Å². The summed E-state index contributed by atoms with van der Waals surface area (Å²) in [7, 11) is 0. The predicted molar refractivity (Wildman–Crippen MR) is 61.5 cm³/mol. The molecule has 0 aliphatic rings. The van der Waals surface area contributed by atoms with E-state index in [1.54, 1.807) is 0 Å². The maximum Gasteiger partial charge on any atom is 0.126 e. The summed E-state index contributed by atoms with van der Waals surface area (Å²) in [5, 5.41) is 7.77. The smallest absolute Gasteiger partial charge is 0.126 e. The zero-order valence-electron chi connectivity index (χ0n) is 5.74. The van der Waals surface area contributed by atoms with E-state index in [0.29, 0.717) is 5.52 Å². The van der Waals surface area contributed by atoms with Crippen LogP contribution in [0.5, 0.6) is 0 Å². The Morgan fingerprint density at radius 3 is 2.83 bits per heavy atom. The number of nitrogens with one attached hydrogen (secondary N) is 1. The Bertz CT molecular complexity index is 438. The average molecular weight is 388 g/mol. The average Bonchev–Trinajstić information content (AvgIpc) is 2.31. The maximum absolute atomic E-state index is 12.8. The molecule has 0 aliphatic carbocycles. The van der Waals surface area contributed by atoms with E-state index in [4.69, 9.17) is 0 Å². The standard InChI is InChI=1S/C7H3FI2N2/c8-3-1-4(9)6-5(2-3)11-12-7(6)10/h1-2H,(H,11,12). The van der Waals surface area contributed by atoms with E-state index >= 15 is 0 Å². The minimum atomic E-state index is -0.241. The van der Waals surface area contributed by atoms with Crippen LogP contribution in [0, 0.1) is 13.1 Å². The van der Waals surface area contributed by atoms with Crippen LogP contribution in [-0.4, -0.2) is 10.2 Å². The van der Waals surface area contributed by atoms with Crippen molar-refractivity contribution in [2.24, 2.45) is 0 Å². The lowest BCUT2D eigenvalue weighted by Crippen LogP contribution is -1.79. The highest BCUT2D eigenvalue weighted by atomic mass is 127. The fourth-order valence-corrected chi connectivity index (χ4v) is 3.08. The molecule has 0 fully saturated rings. The molecule has 0 atom stereocenters. The van der Waals surface area contributed by atoms with Crippen molar-refractivity contribution in [1.82, 2.24) is 10.2 Å². The third kappa shape index (κ3) is 1.32. The SMILES string of the molecule is Fc1cc(I)c2c(I)[nH]nc2c1. The van der Waals surface area contributed by atoms with Gasteiger partial charge in [0.25, 0.3) is 0 Å². The molecule has 2 rings (SSSR count). The van der Waals surface area contributed by atoms with Crippen LogP contribution in [0.2, 0.25) is 0 Å². The molecule has 0 bridgehead atoms. The summed E-state index contributed by atoms with van der Waals surface area (Å²) < 4.78 is 14.7. The lowest BCUT2D eigenvalue weighted by molar-refractivity contribution is 0.628. The van der Waals surface area contributed by atoms with Gasteiger partial charge in [0.05, 0.1) is 5.52 Å². The highest BCUT2D eigenvalue weighted by Gasteiger charge is 2.07. The number of aromatic amines is 1. The van der Waals surface area contributed by atoms with Crippen LogP contribution in [0.4, 0.5) is 4.39 Å². The molecule has 2 nitrogen and oxygen atoms in total. The number of rotatable bonds is 0. The summed E-state index contributed by atoms with van der Waals surface area (Å²) in [6.07, 6.45) is 0. The van der Waals surface area contributed by atoms with Gasteiger partial charge in [-0.15, -0.1) is 0 Å². The third-order valence-electron chi connectivity index (χ3n) is 1.53. The zero-order valence-corrected chi connectivity index (χ0v) is 10.1. The number of hydrogen-bond acceptors (Lipinski definition) is 1. The second-order valence-electron chi connectivity index (χ2n) is 2.32. The highest BCUT2D eigenvalue weighted by Crippen LogP contribution is 2.24. The first-order chi connectivity index (χ1) is 5.68. The summed E-state index contributed by atoms with van der Waals surface area (Å²) in [5.74, 6) is -0.241. The van der Waals surface area contributed by atoms with E-state index in [-0.39, 0.29) is 5.82 Å². The van der Waals surface area contributed by atoms with Crippen molar-refractivity contribution >= 4 is 56.1 Å².